The maximum absolute atomic E-state index is 6.35. The van der Waals surface area contributed by atoms with Gasteiger partial charge in [0.2, 0.25) is 0 Å². The number of benzene rings is 2. The molecular formula is C19H26N2. The summed E-state index contributed by atoms with van der Waals surface area (Å²) in [5, 5.41) is 2.69. The van der Waals surface area contributed by atoms with Gasteiger partial charge in [0.1, 0.15) is 0 Å². The fourth-order valence-electron chi connectivity index (χ4n) is 3.52. The normalized spacial score (nSPS) is 22.7. The van der Waals surface area contributed by atoms with Crippen molar-refractivity contribution in [2.24, 2.45) is 11.7 Å². The van der Waals surface area contributed by atoms with Gasteiger partial charge in [-0.1, -0.05) is 56.2 Å². The highest BCUT2D eigenvalue weighted by atomic mass is 15.1. The zero-order valence-corrected chi connectivity index (χ0v) is 13.0. The van der Waals surface area contributed by atoms with Crippen LogP contribution in [0.4, 0.5) is 5.69 Å². The second-order valence-electron chi connectivity index (χ2n) is 6.30. The van der Waals surface area contributed by atoms with Crippen molar-refractivity contribution in [1.82, 2.24) is 0 Å². The third kappa shape index (κ3) is 3.06. The minimum Gasteiger partial charge on any atom is -0.371 e. The molecule has 0 aliphatic carbocycles. The van der Waals surface area contributed by atoms with E-state index in [2.05, 4.69) is 54.3 Å². The van der Waals surface area contributed by atoms with Gasteiger partial charge in [0, 0.05) is 30.2 Å². The minimum atomic E-state index is 0.378. The van der Waals surface area contributed by atoms with Crippen LogP contribution in [-0.4, -0.2) is 19.1 Å². The van der Waals surface area contributed by atoms with E-state index in [1.54, 1.807) is 0 Å². The Balaban J connectivity index is 1.85. The lowest BCUT2D eigenvalue weighted by Crippen LogP contribution is -2.47. The number of piperidine rings is 1. The predicted octanol–water partition coefficient (Wildman–Crippen LogP) is 4.18. The van der Waals surface area contributed by atoms with Crippen molar-refractivity contribution in [2.45, 2.75) is 38.6 Å². The number of anilines is 1. The van der Waals surface area contributed by atoms with E-state index in [-0.39, 0.29) is 0 Å². The first-order valence-electron chi connectivity index (χ1n) is 8.28. The summed E-state index contributed by atoms with van der Waals surface area (Å²) in [6, 6.07) is 15.7. The Morgan fingerprint density at radius 2 is 1.95 bits per heavy atom. The molecule has 2 N–H and O–H groups in total. The van der Waals surface area contributed by atoms with Crippen LogP contribution in [0.1, 0.15) is 32.6 Å². The summed E-state index contributed by atoms with van der Waals surface area (Å²) in [5.41, 5.74) is 7.72. The predicted molar refractivity (Wildman–Crippen MR) is 91.8 cm³/mol. The fourth-order valence-corrected chi connectivity index (χ4v) is 3.52. The molecule has 2 heteroatoms. The lowest BCUT2D eigenvalue weighted by Gasteiger charge is -2.39. The largest absolute Gasteiger partial charge is 0.371 e. The summed E-state index contributed by atoms with van der Waals surface area (Å²) in [5.74, 6) is 0.637. The van der Waals surface area contributed by atoms with Crippen molar-refractivity contribution in [3.63, 3.8) is 0 Å². The first kappa shape index (κ1) is 14.4. The smallest absolute Gasteiger partial charge is 0.0446 e. The van der Waals surface area contributed by atoms with Gasteiger partial charge in [-0.3, -0.25) is 0 Å². The van der Waals surface area contributed by atoms with Gasteiger partial charge in [-0.2, -0.15) is 0 Å². The molecule has 3 rings (SSSR count). The summed E-state index contributed by atoms with van der Waals surface area (Å²) in [6.45, 7) is 4.45. The van der Waals surface area contributed by atoms with Crippen LogP contribution in [0, 0.1) is 5.92 Å². The van der Waals surface area contributed by atoms with Crippen molar-refractivity contribution in [3.8, 4) is 0 Å². The average molecular weight is 282 g/mol. The van der Waals surface area contributed by atoms with Crippen LogP contribution in [-0.2, 0) is 0 Å². The van der Waals surface area contributed by atoms with E-state index < -0.39 is 0 Å². The number of fused-ring (bicyclic) bond motifs is 1. The third-order valence-corrected chi connectivity index (χ3v) is 4.83. The molecule has 2 aromatic carbocycles. The fraction of sp³-hybridized carbons (Fsp3) is 0.474. The quantitative estimate of drug-likeness (QED) is 0.911. The summed E-state index contributed by atoms with van der Waals surface area (Å²) >= 11 is 0. The van der Waals surface area contributed by atoms with Gasteiger partial charge in [0.25, 0.3) is 0 Å². The van der Waals surface area contributed by atoms with Gasteiger partial charge in [-0.25, -0.2) is 0 Å². The van der Waals surface area contributed by atoms with Crippen LogP contribution in [0.15, 0.2) is 42.5 Å². The van der Waals surface area contributed by atoms with E-state index in [1.807, 2.05) is 0 Å². The van der Waals surface area contributed by atoms with Gasteiger partial charge >= 0.3 is 0 Å². The summed E-state index contributed by atoms with van der Waals surface area (Å²) in [4.78, 5) is 2.55. The molecule has 0 bridgehead atoms. The van der Waals surface area contributed by atoms with Crippen molar-refractivity contribution >= 4 is 16.5 Å². The average Bonchev–Trinajstić information content (AvgIpc) is 2.54. The van der Waals surface area contributed by atoms with Crippen molar-refractivity contribution in [1.29, 1.82) is 0 Å². The monoisotopic (exact) mass is 282 g/mol. The number of nitrogens with two attached hydrogens (primary N) is 1. The Labute approximate surface area is 127 Å². The maximum atomic E-state index is 6.35. The summed E-state index contributed by atoms with van der Waals surface area (Å²) in [7, 11) is 0. The molecule has 2 atom stereocenters. The lowest BCUT2D eigenvalue weighted by molar-refractivity contribution is 0.330. The highest BCUT2D eigenvalue weighted by molar-refractivity contribution is 5.94. The molecule has 0 aromatic heterocycles. The summed E-state index contributed by atoms with van der Waals surface area (Å²) < 4.78 is 0. The van der Waals surface area contributed by atoms with Crippen LogP contribution in [0.25, 0.3) is 10.8 Å². The van der Waals surface area contributed by atoms with E-state index in [4.69, 9.17) is 5.73 Å². The minimum absolute atomic E-state index is 0.378. The first-order chi connectivity index (χ1) is 10.3. The molecule has 1 aliphatic rings. The molecule has 1 heterocycles. The topological polar surface area (TPSA) is 29.3 Å². The van der Waals surface area contributed by atoms with Crippen molar-refractivity contribution in [2.75, 3.05) is 18.0 Å². The van der Waals surface area contributed by atoms with Crippen molar-refractivity contribution < 1.29 is 0 Å². The first-order valence-corrected chi connectivity index (χ1v) is 8.28. The Morgan fingerprint density at radius 1 is 1.14 bits per heavy atom. The molecule has 0 radical (unpaired) electrons. The van der Waals surface area contributed by atoms with Gasteiger partial charge in [0.15, 0.2) is 0 Å². The van der Waals surface area contributed by atoms with Crippen LogP contribution in [0.3, 0.4) is 0 Å². The zero-order chi connectivity index (χ0) is 14.7. The Morgan fingerprint density at radius 3 is 2.81 bits per heavy atom. The molecule has 0 spiro atoms. The molecule has 2 nitrogen and oxygen atoms in total. The van der Waals surface area contributed by atoms with E-state index in [9.17, 15) is 0 Å². The number of nitrogens with zero attached hydrogens (tertiary/aromatic N) is 1. The SMILES string of the molecule is CCCC[C@H]1CN(c2cccc3ccccc23)CC[C@@H]1N. The molecule has 0 saturated carbocycles. The summed E-state index contributed by atoms with van der Waals surface area (Å²) in [6.07, 6.45) is 4.93. The Kier molecular flexibility index (Phi) is 4.45. The number of hydrogen-bond donors (Lipinski definition) is 1. The highest BCUT2D eigenvalue weighted by Gasteiger charge is 2.26. The highest BCUT2D eigenvalue weighted by Crippen LogP contribution is 2.31. The third-order valence-electron chi connectivity index (χ3n) is 4.83. The second-order valence-corrected chi connectivity index (χ2v) is 6.30. The zero-order valence-electron chi connectivity index (χ0n) is 13.0. The van der Waals surface area contributed by atoms with Crippen LogP contribution in [0.2, 0.25) is 0 Å². The molecule has 112 valence electrons. The van der Waals surface area contributed by atoms with Gasteiger partial charge in [-0.05, 0) is 30.2 Å². The molecule has 0 amide bonds. The van der Waals surface area contributed by atoms with Crippen LogP contribution in [0.5, 0.6) is 0 Å². The lowest BCUT2D eigenvalue weighted by atomic mass is 9.88. The molecule has 1 fully saturated rings. The van der Waals surface area contributed by atoms with Gasteiger partial charge in [-0.15, -0.1) is 0 Å². The molecule has 2 aromatic rings. The van der Waals surface area contributed by atoms with E-state index in [1.165, 1.54) is 35.7 Å². The Hall–Kier alpha value is -1.54. The van der Waals surface area contributed by atoms with E-state index in [0.717, 1.165) is 19.5 Å². The number of hydrogen-bond acceptors (Lipinski definition) is 2. The number of rotatable bonds is 4. The molecule has 1 saturated heterocycles. The van der Waals surface area contributed by atoms with Crippen LogP contribution >= 0.6 is 0 Å². The van der Waals surface area contributed by atoms with Gasteiger partial charge in [0.05, 0.1) is 0 Å². The standard InChI is InChI=1S/C19H26N2/c1-2-3-7-16-14-21(13-12-18(16)20)19-11-6-9-15-8-4-5-10-17(15)19/h4-6,8-11,16,18H,2-3,7,12-14,20H2,1H3/t16-,18-/m0/s1. The van der Waals surface area contributed by atoms with E-state index in [0.29, 0.717) is 12.0 Å². The second kappa shape index (κ2) is 6.48. The molecule has 21 heavy (non-hydrogen) atoms. The number of unbranched alkanes of at least 4 members (excludes halogenated alkanes) is 1. The van der Waals surface area contributed by atoms with Crippen molar-refractivity contribution in [3.05, 3.63) is 42.5 Å². The molecular weight excluding hydrogens is 256 g/mol. The van der Waals surface area contributed by atoms with Gasteiger partial charge < -0.3 is 10.6 Å². The Bertz CT molecular complexity index is 588. The maximum Gasteiger partial charge on any atom is 0.0446 e. The molecule has 0 unspecified atom stereocenters. The van der Waals surface area contributed by atoms with E-state index >= 15 is 0 Å². The molecule has 1 aliphatic heterocycles. The van der Waals surface area contributed by atoms with Crippen LogP contribution < -0.4 is 10.6 Å².